The average molecular weight is 233 g/mol. The number of nitrogens with one attached hydrogen (secondary N) is 1. The van der Waals surface area contributed by atoms with Crippen LogP contribution in [0.25, 0.3) is 12.2 Å². The van der Waals surface area contributed by atoms with Gasteiger partial charge >= 0.3 is 5.97 Å². The van der Waals surface area contributed by atoms with Gasteiger partial charge in [0.05, 0.1) is 5.69 Å². The van der Waals surface area contributed by atoms with Gasteiger partial charge in [-0.1, -0.05) is 23.4 Å². The second kappa shape index (κ2) is 4.56. The van der Waals surface area contributed by atoms with E-state index in [0.29, 0.717) is 5.56 Å². The summed E-state index contributed by atoms with van der Waals surface area (Å²) in [6, 6.07) is 6.16. The van der Waals surface area contributed by atoms with E-state index in [0.717, 1.165) is 0 Å². The molecular formula is C11H8FN3O2. The number of H-pyrrole nitrogens is 1. The Labute approximate surface area is 95.6 Å². The quantitative estimate of drug-likeness (QED) is 0.847. The van der Waals surface area contributed by atoms with Crippen molar-refractivity contribution in [2.45, 2.75) is 0 Å². The maximum absolute atomic E-state index is 13.3. The van der Waals surface area contributed by atoms with Crippen molar-refractivity contribution in [1.82, 2.24) is 15.4 Å². The molecule has 2 aromatic rings. The summed E-state index contributed by atoms with van der Waals surface area (Å²) < 4.78 is 13.3. The monoisotopic (exact) mass is 233 g/mol. The number of hydrogen-bond acceptors (Lipinski definition) is 3. The maximum Gasteiger partial charge on any atom is 0.358 e. The Morgan fingerprint density at radius 3 is 2.82 bits per heavy atom. The van der Waals surface area contributed by atoms with Crippen molar-refractivity contribution >= 4 is 18.1 Å². The summed E-state index contributed by atoms with van der Waals surface area (Å²) in [6.07, 6.45) is 2.87. The summed E-state index contributed by atoms with van der Waals surface area (Å²) in [4.78, 5) is 10.7. The van der Waals surface area contributed by atoms with Gasteiger partial charge in [-0.25, -0.2) is 9.18 Å². The van der Waals surface area contributed by atoms with Crippen LogP contribution in [0.4, 0.5) is 4.39 Å². The van der Waals surface area contributed by atoms with E-state index < -0.39 is 5.97 Å². The van der Waals surface area contributed by atoms with Crippen LogP contribution in [0.1, 0.15) is 21.7 Å². The molecule has 5 nitrogen and oxygen atoms in total. The zero-order valence-corrected chi connectivity index (χ0v) is 8.59. The Hall–Kier alpha value is -2.50. The smallest absolute Gasteiger partial charge is 0.358 e. The topological polar surface area (TPSA) is 78.9 Å². The van der Waals surface area contributed by atoms with E-state index in [1.54, 1.807) is 18.2 Å². The molecule has 0 radical (unpaired) electrons. The fraction of sp³-hybridized carbons (Fsp3) is 0. The van der Waals surface area contributed by atoms with Crippen molar-refractivity contribution in [2.24, 2.45) is 0 Å². The number of benzene rings is 1. The summed E-state index contributed by atoms with van der Waals surface area (Å²) in [5.41, 5.74) is 0.386. The molecule has 0 aliphatic rings. The molecule has 2 N–H and O–H groups in total. The number of hydrogen-bond donors (Lipinski definition) is 2. The second-order valence-corrected chi connectivity index (χ2v) is 3.23. The zero-order valence-electron chi connectivity index (χ0n) is 8.59. The fourth-order valence-electron chi connectivity index (χ4n) is 1.29. The minimum Gasteiger partial charge on any atom is -0.476 e. The number of rotatable bonds is 3. The van der Waals surface area contributed by atoms with Gasteiger partial charge in [-0.05, 0) is 18.2 Å². The Morgan fingerprint density at radius 1 is 1.35 bits per heavy atom. The van der Waals surface area contributed by atoms with Crippen molar-refractivity contribution in [3.63, 3.8) is 0 Å². The van der Waals surface area contributed by atoms with Gasteiger partial charge in [-0.15, -0.1) is 5.10 Å². The first kappa shape index (κ1) is 11.0. The highest BCUT2D eigenvalue weighted by Crippen LogP contribution is 2.11. The highest BCUT2D eigenvalue weighted by atomic mass is 19.1. The molecule has 1 aromatic carbocycles. The van der Waals surface area contributed by atoms with Crippen LogP contribution in [0.3, 0.4) is 0 Å². The van der Waals surface area contributed by atoms with Gasteiger partial charge in [0, 0.05) is 5.56 Å². The average Bonchev–Trinajstić information content (AvgIpc) is 2.76. The van der Waals surface area contributed by atoms with Crippen LogP contribution in [0.5, 0.6) is 0 Å². The van der Waals surface area contributed by atoms with Gasteiger partial charge in [0.15, 0.2) is 5.69 Å². The molecule has 0 spiro atoms. The lowest BCUT2D eigenvalue weighted by Gasteiger charge is -1.94. The van der Waals surface area contributed by atoms with Gasteiger partial charge in [-0.2, -0.15) is 0 Å². The molecule has 17 heavy (non-hydrogen) atoms. The van der Waals surface area contributed by atoms with Crippen molar-refractivity contribution < 1.29 is 14.3 Å². The van der Waals surface area contributed by atoms with Crippen molar-refractivity contribution in [3.8, 4) is 0 Å². The molecule has 0 aliphatic heterocycles. The SMILES string of the molecule is O=C(O)c1nn[nH]c1/C=C/c1ccccc1F. The number of carboxylic acid groups (broad SMARTS) is 1. The van der Waals surface area contributed by atoms with Crippen LogP contribution in [0.15, 0.2) is 24.3 Å². The molecule has 1 heterocycles. The molecule has 0 amide bonds. The molecule has 0 atom stereocenters. The summed E-state index contributed by atoms with van der Waals surface area (Å²) >= 11 is 0. The third-order valence-electron chi connectivity index (χ3n) is 2.11. The molecule has 6 heteroatoms. The Morgan fingerprint density at radius 2 is 2.12 bits per heavy atom. The molecule has 86 valence electrons. The first-order valence-corrected chi connectivity index (χ1v) is 4.75. The van der Waals surface area contributed by atoms with Crippen LogP contribution in [0.2, 0.25) is 0 Å². The van der Waals surface area contributed by atoms with Crippen molar-refractivity contribution in [1.29, 1.82) is 0 Å². The van der Waals surface area contributed by atoms with Crippen molar-refractivity contribution in [3.05, 3.63) is 47.0 Å². The summed E-state index contributed by atoms with van der Waals surface area (Å²) in [7, 11) is 0. The third-order valence-corrected chi connectivity index (χ3v) is 2.11. The van der Waals surface area contributed by atoms with E-state index >= 15 is 0 Å². The number of nitrogens with zero attached hydrogens (tertiary/aromatic N) is 2. The van der Waals surface area contributed by atoms with E-state index in [1.165, 1.54) is 18.2 Å². The van der Waals surface area contributed by atoms with Crippen LogP contribution in [-0.2, 0) is 0 Å². The minimum atomic E-state index is -1.19. The summed E-state index contributed by atoms with van der Waals surface area (Å²) in [5.74, 6) is -1.57. The molecule has 1 aromatic heterocycles. The first-order valence-electron chi connectivity index (χ1n) is 4.75. The first-order chi connectivity index (χ1) is 8.18. The number of carboxylic acids is 1. The van der Waals surface area contributed by atoms with Gasteiger partial charge in [-0.3, -0.25) is 5.10 Å². The van der Waals surface area contributed by atoms with E-state index in [1.807, 2.05) is 0 Å². The fourth-order valence-corrected chi connectivity index (χ4v) is 1.29. The molecule has 0 saturated carbocycles. The molecule has 2 rings (SSSR count). The van der Waals surface area contributed by atoms with E-state index in [-0.39, 0.29) is 17.2 Å². The van der Waals surface area contributed by atoms with Gasteiger partial charge in [0.1, 0.15) is 5.82 Å². The van der Waals surface area contributed by atoms with Crippen LogP contribution < -0.4 is 0 Å². The number of halogens is 1. The van der Waals surface area contributed by atoms with Gasteiger partial charge in [0.25, 0.3) is 0 Å². The summed E-state index contributed by atoms with van der Waals surface area (Å²) in [6.45, 7) is 0. The lowest BCUT2D eigenvalue weighted by Crippen LogP contribution is -1.98. The lowest BCUT2D eigenvalue weighted by molar-refractivity contribution is 0.0690. The molecule has 0 aliphatic carbocycles. The van der Waals surface area contributed by atoms with E-state index in [2.05, 4.69) is 15.4 Å². The largest absolute Gasteiger partial charge is 0.476 e. The molecule has 0 saturated heterocycles. The van der Waals surface area contributed by atoms with Gasteiger partial charge in [0.2, 0.25) is 0 Å². The van der Waals surface area contributed by atoms with Gasteiger partial charge < -0.3 is 5.11 Å². The number of aromatic nitrogens is 3. The predicted octanol–water partition coefficient (Wildman–Crippen LogP) is 1.81. The van der Waals surface area contributed by atoms with Crippen LogP contribution >= 0.6 is 0 Å². The lowest BCUT2D eigenvalue weighted by atomic mass is 10.2. The number of aromatic amines is 1. The zero-order chi connectivity index (χ0) is 12.3. The van der Waals surface area contributed by atoms with E-state index in [4.69, 9.17) is 5.11 Å². The summed E-state index contributed by atoms with van der Waals surface area (Å²) in [5, 5.41) is 18.0. The molecule has 0 unspecified atom stereocenters. The Kier molecular flexibility index (Phi) is 2.95. The van der Waals surface area contributed by atoms with Crippen molar-refractivity contribution in [2.75, 3.05) is 0 Å². The van der Waals surface area contributed by atoms with Crippen LogP contribution in [-0.4, -0.2) is 26.5 Å². The highest BCUT2D eigenvalue weighted by Gasteiger charge is 2.11. The standard InChI is InChI=1S/C11H8FN3O2/c12-8-4-2-1-3-7(8)5-6-9-10(11(16)17)14-15-13-9/h1-6H,(H,16,17)(H,13,14,15)/b6-5+. The highest BCUT2D eigenvalue weighted by molar-refractivity contribution is 5.90. The number of aromatic carboxylic acids is 1. The number of carbonyl (C=O) groups is 1. The maximum atomic E-state index is 13.3. The Balaban J connectivity index is 2.30. The molecule has 0 fully saturated rings. The molecule has 0 bridgehead atoms. The normalized spacial score (nSPS) is 10.9. The third kappa shape index (κ3) is 2.36. The predicted molar refractivity (Wildman–Crippen MR) is 58.7 cm³/mol. The second-order valence-electron chi connectivity index (χ2n) is 3.23. The molecular weight excluding hydrogens is 225 g/mol. The van der Waals surface area contributed by atoms with E-state index in [9.17, 15) is 9.18 Å². The minimum absolute atomic E-state index is 0.197. The Bertz CT molecular complexity index is 578. The van der Waals surface area contributed by atoms with Crippen LogP contribution in [0, 0.1) is 5.82 Å².